The van der Waals surface area contributed by atoms with Crippen molar-refractivity contribution < 1.29 is 19.1 Å². The van der Waals surface area contributed by atoms with E-state index in [-0.39, 0.29) is 11.7 Å². The van der Waals surface area contributed by atoms with Crippen LogP contribution >= 0.6 is 0 Å². The minimum Gasteiger partial charge on any atom is -0.497 e. The molecule has 2 amide bonds. The molecule has 0 aliphatic rings. The number of Topliss-reactive ketones (excluding diaryl/α,β-unsaturated/α-hetero) is 1. The van der Waals surface area contributed by atoms with Gasteiger partial charge < -0.3 is 15.4 Å². The molecule has 2 aromatic rings. The average molecular weight is 382 g/mol. The molecule has 0 aliphatic carbocycles. The Kier molecular flexibility index (Phi) is 6.93. The molecule has 6 heteroatoms. The fourth-order valence-electron chi connectivity index (χ4n) is 2.58. The van der Waals surface area contributed by atoms with Gasteiger partial charge in [0.1, 0.15) is 11.2 Å². The number of anilines is 1. The minimum atomic E-state index is -1.26. The average Bonchev–Trinajstić information content (AvgIpc) is 2.68. The van der Waals surface area contributed by atoms with E-state index in [0.717, 1.165) is 11.3 Å². The minimum absolute atomic E-state index is 0.0920. The zero-order chi connectivity index (χ0) is 20.7. The van der Waals surface area contributed by atoms with E-state index < -0.39 is 11.3 Å². The van der Waals surface area contributed by atoms with Crippen molar-refractivity contribution in [3.63, 3.8) is 0 Å². The van der Waals surface area contributed by atoms with E-state index in [2.05, 4.69) is 10.6 Å². The normalized spacial score (nSPS) is 10.9. The van der Waals surface area contributed by atoms with Gasteiger partial charge in [-0.3, -0.25) is 14.4 Å². The molecule has 0 aliphatic heterocycles. The van der Waals surface area contributed by atoms with Gasteiger partial charge in [0.15, 0.2) is 5.78 Å². The molecule has 2 rings (SSSR count). The number of ketones is 1. The van der Waals surface area contributed by atoms with Gasteiger partial charge in [-0.25, -0.2) is 0 Å². The largest absolute Gasteiger partial charge is 0.497 e. The Morgan fingerprint density at radius 3 is 2.39 bits per heavy atom. The molecule has 0 spiro atoms. The number of hydrogen-bond donors (Lipinski definition) is 2. The zero-order valence-electron chi connectivity index (χ0n) is 16.7. The lowest BCUT2D eigenvalue weighted by molar-refractivity contribution is -0.138. The van der Waals surface area contributed by atoms with E-state index in [1.165, 1.54) is 6.92 Å². The van der Waals surface area contributed by atoms with Crippen LogP contribution in [0.1, 0.15) is 36.7 Å². The second kappa shape index (κ2) is 9.17. The monoisotopic (exact) mass is 382 g/mol. The van der Waals surface area contributed by atoms with Crippen LogP contribution in [0.4, 0.5) is 5.69 Å². The first-order valence-corrected chi connectivity index (χ1v) is 9.07. The molecule has 0 radical (unpaired) electrons. The summed E-state index contributed by atoms with van der Waals surface area (Å²) in [6, 6.07) is 14.2. The summed E-state index contributed by atoms with van der Waals surface area (Å²) >= 11 is 0. The Balaban J connectivity index is 1.94. The first-order chi connectivity index (χ1) is 13.2. The number of methoxy groups -OCH3 is 1. The molecule has 0 heterocycles. The van der Waals surface area contributed by atoms with E-state index in [1.807, 2.05) is 24.3 Å². The third-order valence-corrected chi connectivity index (χ3v) is 4.50. The summed E-state index contributed by atoms with van der Waals surface area (Å²) in [6.45, 7) is 5.00. The van der Waals surface area contributed by atoms with Crippen molar-refractivity contribution in [1.29, 1.82) is 0 Å². The van der Waals surface area contributed by atoms with E-state index in [1.54, 1.807) is 45.2 Å². The van der Waals surface area contributed by atoms with Crippen molar-refractivity contribution in [1.82, 2.24) is 5.32 Å². The number of amides is 2. The number of carbonyl (C=O) groups is 3. The Bertz CT molecular complexity index is 874. The lowest BCUT2D eigenvalue weighted by Crippen LogP contribution is -2.45. The van der Waals surface area contributed by atoms with Gasteiger partial charge in [-0.1, -0.05) is 24.3 Å². The molecule has 148 valence electrons. The smallest absolute Gasteiger partial charge is 0.239 e. The van der Waals surface area contributed by atoms with Gasteiger partial charge in [0, 0.05) is 17.8 Å². The fraction of sp³-hybridized carbons (Fsp3) is 0.318. The summed E-state index contributed by atoms with van der Waals surface area (Å²) in [6.07, 6.45) is 0.626. The highest BCUT2D eigenvalue weighted by atomic mass is 16.5. The van der Waals surface area contributed by atoms with E-state index in [9.17, 15) is 14.4 Å². The highest BCUT2D eigenvalue weighted by Gasteiger charge is 2.35. The van der Waals surface area contributed by atoms with Crippen molar-refractivity contribution >= 4 is 23.3 Å². The Morgan fingerprint density at radius 2 is 1.71 bits per heavy atom. The predicted molar refractivity (Wildman–Crippen MR) is 109 cm³/mol. The molecule has 0 bridgehead atoms. The van der Waals surface area contributed by atoms with Gasteiger partial charge in [0.05, 0.1) is 7.11 Å². The number of hydrogen-bond acceptors (Lipinski definition) is 4. The summed E-state index contributed by atoms with van der Waals surface area (Å²) in [7, 11) is 1.61. The van der Waals surface area contributed by atoms with Crippen LogP contribution in [0, 0.1) is 5.41 Å². The first kappa shape index (κ1) is 21.2. The Hall–Kier alpha value is -3.15. The molecule has 0 atom stereocenters. The van der Waals surface area contributed by atoms with Crippen molar-refractivity contribution in [2.75, 3.05) is 19.0 Å². The van der Waals surface area contributed by atoms with Gasteiger partial charge in [-0.2, -0.15) is 0 Å². The molecular formula is C22H26N2O4. The van der Waals surface area contributed by atoms with Crippen molar-refractivity contribution in [3.8, 4) is 5.75 Å². The van der Waals surface area contributed by atoms with E-state index >= 15 is 0 Å². The fourth-order valence-corrected chi connectivity index (χ4v) is 2.58. The SMILES string of the molecule is COc1cccc(CCNC(=O)C(C)(C)C(=O)Nc2cccc(C(C)=O)c2)c1. The maximum Gasteiger partial charge on any atom is 0.239 e. The molecule has 2 N–H and O–H groups in total. The maximum atomic E-state index is 12.6. The standard InChI is InChI=1S/C22H26N2O4/c1-15(25)17-8-6-9-18(14-17)24-21(27)22(2,3)20(26)23-12-11-16-7-5-10-19(13-16)28-4/h5-10,13-14H,11-12H2,1-4H3,(H,23,26)(H,24,27). The maximum absolute atomic E-state index is 12.6. The van der Waals surface area contributed by atoms with Crippen LogP contribution in [0.5, 0.6) is 5.75 Å². The van der Waals surface area contributed by atoms with E-state index in [0.29, 0.717) is 24.2 Å². The van der Waals surface area contributed by atoms with E-state index in [4.69, 9.17) is 4.74 Å². The highest BCUT2D eigenvalue weighted by Crippen LogP contribution is 2.20. The predicted octanol–water partition coefficient (Wildman–Crippen LogP) is 3.22. The molecule has 6 nitrogen and oxygen atoms in total. The summed E-state index contributed by atoms with van der Waals surface area (Å²) in [5.41, 5.74) is 0.747. The molecule has 28 heavy (non-hydrogen) atoms. The zero-order valence-corrected chi connectivity index (χ0v) is 16.7. The highest BCUT2D eigenvalue weighted by molar-refractivity contribution is 6.10. The quantitative estimate of drug-likeness (QED) is 0.542. The second-order valence-electron chi connectivity index (χ2n) is 7.07. The first-order valence-electron chi connectivity index (χ1n) is 9.07. The lowest BCUT2D eigenvalue weighted by atomic mass is 9.90. The third-order valence-electron chi connectivity index (χ3n) is 4.50. The van der Waals surface area contributed by atoms with Gasteiger partial charge in [0.2, 0.25) is 11.8 Å². The van der Waals surface area contributed by atoms with Gasteiger partial charge >= 0.3 is 0 Å². The molecule has 0 fully saturated rings. The third kappa shape index (κ3) is 5.42. The van der Waals surface area contributed by atoms with Gasteiger partial charge in [-0.15, -0.1) is 0 Å². The molecule has 0 saturated heterocycles. The Labute approximate surface area is 165 Å². The molecular weight excluding hydrogens is 356 g/mol. The second-order valence-corrected chi connectivity index (χ2v) is 7.07. The van der Waals surface area contributed by atoms with Crippen molar-refractivity contribution in [2.24, 2.45) is 5.41 Å². The number of rotatable bonds is 8. The Morgan fingerprint density at radius 1 is 1.00 bits per heavy atom. The lowest BCUT2D eigenvalue weighted by Gasteiger charge is -2.23. The summed E-state index contributed by atoms with van der Waals surface area (Å²) < 4.78 is 5.19. The van der Waals surface area contributed by atoms with Gasteiger partial charge in [0.25, 0.3) is 0 Å². The molecule has 2 aromatic carbocycles. The van der Waals surface area contributed by atoms with Crippen LogP contribution in [0.25, 0.3) is 0 Å². The van der Waals surface area contributed by atoms with Crippen LogP contribution in [0.3, 0.4) is 0 Å². The summed E-state index contributed by atoms with van der Waals surface area (Å²) in [5, 5.41) is 5.52. The van der Waals surface area contributed by atoms with Crippen LogP contribution in [0.2, 0.25) is 0 Å². The topological polar surface area (TPSA) is 84.5 Å². The van der Waals surface area contributed by atoms with Crippen LogP contribution in [0.15, 0.2) is 48.5 Å². The van der Waals surface area contributed by atoms with Gasteiger partial charge in [-0.05, 0) is 57.0 Å². The summed E-state index contributed by atoms with van der Waals surface area (Å²) in [4.78, 5) is 36.6. The molecule has 0 unspecified atom stereocenters. The number of nitrogens with one attached hydrogen (secondary N) is 2. The van der Waals surface area contributed by atoms with Crippen LogP contribution in [-0.2, 0) is 16.0 Å². The van der Waals surface area contributed by atoms with Crippen LogP contribution < -0.4 is 15.4 Å². The van der Waals surface area contributed by atoms with Crippen molar-refractivity contribution in [3.05, 3.63) is 59.7 Å². The van der Waals surface area contributed by atoms with Crippen LogP contribution in [-0.4, -0.2) is 31.3 Å². The number of ether oxygens (including phenoxy) is 1. The molecule has 0 aromatic heterocycles. The summed E-state index contributed by atoms with van der Waals surface area (Å²) in [5.74, 6) is -0.135. The van der Waals surface area contributed by atoms with Crippen molar-refractivity contribution in [2.45, 2.75) is 27.2 Å². The number of carbonyl (C=O) groups excluding carboxylic acids is 3. The number of benzene rings is 2. The molecule has 0 saturated carbocycles.